The van der Waals surface area contributed by atoms with Crippen molar-refractivity contribution in [1.82, 2.24) is 15.0 Å². The van der Waals surface area contributed by atoms with E-state index in [9.17, 15) is 9.59 Å². The van der Waals surface area contributed by atoms with Gasteiger partial charge in [-0.25, -0.2) is 0 Å². The Morgan fingerprint density at radius 1 is 1.53 bits per heavy atom. The third kappa shape index (κ3) is 4.18. The number of carboxylic acid groups (broad SMARTS) is 1. The van der Waals surface area contributed by atoms with Gasteiger partial charge in [-0.05, 0) is 0 Å². The first-order chi connectivity index (χ1) is 7.08. The number of hydrogen-bond acceptors (Lipinski definition) is 6. The maximum Gasteiger partial charge on any atom is 0.317 e. The van der Waals surface area contributed by atoms with Crippen LogP contribution in [0.1, 0.15) is 5.89 Å². The molecule has 0 atom stereocenters. The zero-order valence-electron chi connectivity index (χ0n) is 7.79. The van der Waals surface area contributed by atoms with Crippen LogP contribution in [-0.2, 0) is 16.1 Å². The monoisotopic (exact) mass is 214 g/mol. The summed E-state index contributed by atoms with van der Waals surface area (Å²) in [7, 11) is 0. The Morgan fingerprint density at radius 2 is 2.27 bits per heavy atom. The van der Waals surface area contributed by atoms with Crippen molar-refractivity contribution < 1.29 is 19.2 Å². The quantitative estimate of drug-likeness (QED) is 0.587. The molecule has 0 aliphatic carbocycles. The molecule has 8 nitrogen and oxygen atoms in total. The van der Waals surface area contributed by atoms with Crippen LogP contribution in [0.25, 0.3) is 0 Å². The molecule has 0 saturated heterocycles. The first kappa shape index (κ1) is 11.1. The lowest BCUT2D eigenvalue weighted by molar-refractivity contribution is -0.138. The highest BCUT2D eigenvalue weighted by atomic mass is 16.5. The van der Waals surface area contributed by atoms with Crippen LogP contribution in [0.5, 0.6) is 0 Å². The molecule has 0 bridgehead atoms. The predicted octanol–water partition coefficient (Wildman–Crippen LogP) is -1.56. The molecule has 0 fully saturated rings. The number of aromatic nitrogens is 2. The number of nitrogens with zero attached hydrogens (tertiary/aromatic N) is 3. The minimum absolute atomic E-state index is 0.0786. The van der Waals surface area contributed by atoms with Crippen LogP contribution in [0.4, 0.5) is 0 Å². The van der Waals surface area contributed by atoms with Crippen LogP contribution in [0.15, 0.2) is 10.9 Å². The average molecular weight is 214 g/mol. The molecule has 0 unspecified atom stereocenters. The number of carboxylic acids is 1. The van der Waals surface area contributed by atoms with E-state index in [0.717, 1.165) is 0 Å². The average Bonchev–Trinajstić information content (AvgIpc) is 2.53. The molecule has 1 amide bonds. The lowest BCUT2D eigenvalue weighted by Crippen LogP contribution is -2.36. The first-order valence-corrected chi connectivity index (χ1v) is 4.06. The maximum atomic E-state index is 10.6. The standard InChI is InChI=1S/C7H10N4O4/c8-5(12)1-11(3-7(13)14)2-6-9-4-10-15-6/h4H,1-3H2,(H2,8,12)(H,13,14). The summed E-state index contributed by atoms with van der Waals surface area (Å²) in [5.41, 5.74) is 4.96. The second-order valence-corrected chi connectivity index (χ2v) is 2.84. The van der Waals surface area contributed by atoms with E-state index in [-0.39, 0.29) is 25.5 Å². The molecule has 8 heteroatoms. The summed E-state index contributed by atoms with van der Waals surface area (Å²) in [4.78, 5) is 26.1. The van der Waals surface area contributed by atoms with Crippen LogP contribution < -0.4 is 5.73 Å². The van der Waals surface area contributed by atoms with Gasteiger partial charge in [0, 0.05) is 0 Å². The smallest absolute Gasteiger partial charge is 0.317 e. The number of aliphatic carboxylic acids is 1. The highest BCUT2D eigenvalue weighted by molar-refractivity contribution is 5.77. The van der Waals surface area contributed by atoms with Gasteiger partial charge in [0.2, 0.25) is 11.8 Å². The SMILES string of the molecule is NC(=O)CN(CC(=O)O)Cc1ncno1. The minimum Gasteiger partial charge on any atom is -0.480 e. The van der Waals surface area contributed by atoms with Crippen LogP contribution in [0.3, 0.4) is 0 Å². The number of primary amides is 1. The third-order valence-corrected chi connectivity index (χ3v) is 1.50. The van der Waals surface area contributed by atoms with Crippen molar-refractivity contribution in [3.8, 4) is 0 Å². The Balaban J connectivity index is 2.55. The fourth-order valence-electron chi connectivity index (χ4n) is 1.04. The van der Waals surface area contributed by atoms with Gasteiger partial charge in [0.1, 0.15) is 0 Å². The Kier molecular flexibility index (Phi) is 3.75. The number of carbonyl (C=O) groups excluding carboxylic acids is 1. The minimum atomic E-state index is -1.06. The Morgan fingerprint density at radius 3 is 2.73 bits per heavy atom. The number of carbonyl (C=O) groups is 2. The van der Waals surface area contributed by atoms with Crippen molar-refractivity contribution in [1.29, 1.82) is 0 Å². The van der Waals surface area contributed by atoms with Gasteiger partial charge in [-0.3, -0.25) is 14.5 Å². The lowest BCUT2D eigenvalue weighted by atomic mass is 10.4. The van der Waals surface area contributed by atoms with Crippen molar-refractivity contribution in [2.24, 2.45) is 5.73 Å². The summed E-state index contributed by atoms with van der Waals surface area (Å²) < 4.78 is 4.68. The van der Waals surface area contributed by atoms with E-state index in [4.69, 9.17) is 10.8 Å². The van der Waals surface area contributed by atoms with Gasteiger partial charge in [0.25, 0.3) is 0 Å². The second kappa shape index (κ2) is 5.05. The largest absolute Gasteiger partial charge is 0.480 e. The summed E-state index contributed by atoms with van der Waals surface area (Å²) in [6, 6.07) is 0. The highest BCUT2D eigenvalue weighted by Crippen LogP contribution is 1.99. The summed E-state index contributed by atoms with van der Waals surface area (Å²) >= 11 is 0. The van der Waals surface area contributed by atoms with Crippen molar-refractivity contribution in [2.45, 2.75) is 6.54 Å². The molecular weight excluding hydrogens is 204 g/mol. The Labute approximate surface area is 84.7 Å². The van der Waals surface area contributed by atoms with E-state index in [1.54, 1.807) is 0 Å². The van der Waals surface area contributed by atoms with Crippen LogP contribution in [0.2, 0.25) is 0 Å². The molecule has 0 aromatic carbocycles. The van der Waals surface area contributed by atoms with Gasteiger partial charge in [0.05, 0.1) is 19.6 Å². The van der Waals surface area contributed by atoms with Gasteiger partial charge in [-0.2, -0.15) is 4.98 Å². The fraction of sp³-hybridized carbons (Fsp3) is 0.429. The van der Waals surface area contributed by atoms with E-state index in [1.165, 1.54) is 11.2 Å². The summed E-state index contributed by atoms with van der Waals surface area (Å²) in [6.07, 6.45) is 1.19. The molecule has 82 valence electrons. The summed E-state index contributed by atoms with van der Waals surface area (Å²) in [5, 5.41) is 11.9. The van der Waals surface area contributed by atoms with E-state index in [0.29, 0.717) is 0 Å². The summed E-state index contributed by atoms with van der Waals surface area (Å²) in [6.45, 7) is -0.408. The molecule has 1 aromatic heterocycles. The van der Waals surface area contributed by atoms with E-state index < -0.39 is 11.9 Å². The predicted molar refractivity (Wildman–Crippen MR) is 46.4 cm³/mol. The summed E-state index contributed by atoms with van der Waals surface area (Å²) in [5.74, 6) is -1.44. The number of rotatable bonds is 6. The molecule has 1 heterocycles. The van der Waals surface area contributed by atoms with Crippen molar-refractivity contribution in [3.05, 3.63) is 12.2 Å². The molecule has 0 aliphatic heterocycles. The van der Waals surface area contributed by atoms with Gasteiger partial charge in [-0.15, -0.1) is 0 Å². The highest BCUT2D eigenvalue weighted by Gasteiger charge is 2.15. The normalized spacial score (nSPS) is 10.5. The number of amides is 1. The van der Waals surface area contributed by atoms with Crippen molar-refractivity contribution in [3.63, 3.8) is 0 Å². The molecule has 3 N–H and O–H groups in total. The van der Waals surface area contributed by atoms with Crippen molar-refractivity contribution in [2.75, 3.05) is 13.1 Å². The molecule has 15 heavy (non-hydrogen) atoms. The fourth-order valence-corrected chi connectivity index (χ4v) is 1.04. The van der Waals surface area contributed by atoms with Crippen LogP contribution in [0, 0.1) is 0 Å². The van der Waals surface area contributed by atoms with Crippen molar-refractivity contribution >= 4 is 11.9 Å². The zero-order valence-corrected chi connectivity index (χ0v) is 7.79. The third-order valence-electron chi connectivity index (χ3n) is 1.50. The zero-order chi connectivity index (χ0) is 11.3. The number of hydrogen-bond donors (Lipinski definition) is 2. The Hall–Kier alpha value is -1.96. The van der Waals surface area contributed by atoms with E-state index >= 15 is 0 Å². The van der Waals surface area contributed by atoms with Gasteiger partial charge >= 0.3 is 5.97 Å². The molecule has 1 rings (SSSR count). The lowest BCUT2D eigenvalue weighted by Gasteiger charge is -2.15. The molecule has 0 radical (unpaired) electrons. The molecular formula is C7H10N4O4. The van der Waals surface area contributed by atoms with Gasteiger partial charge < -0.3 is 15.4 Å². The first-order valence-electron chi connectivity index (χ1n) is 4.06. The number of nitrogens with two attached hydrogens (primary N) is 1. The topological polar surface area (TPSA) is 123 Å². The molecule has 0 saturated carbocycles. The van der Waals surface area contributed by atoms with Gasteiger partial charge in [0.15, 0.2) is 6.33 Å². The van der Waals surface area contributed by atoms with Gasteiger partial charge in [-0.1, -0.05) is 5.16 Å². The van der Waals surface area contributed by atoms with Crippen LogP contribution >= 0.6 is 0 Å². The molecule has 0 aliphatic rings. The maximum absolute atomic E-state index is 10.6. The second-order valence-electron chi connectivity index (χ2n) is 2.84. The van der Waals surface area contributed by atoms with E-state index in [2.05, 4.69) is 14.7 Å². The Bertz CT molecular complexity index is 321. The molecule has 1 aromatic rings. The molecule has 0 spiro atoms. The van der Waals surface area contributed by atoms with Crippen LogP contribution in [-0.4, -0.2) is 45.1 Å². The van der Waals surface area contributed by atoms with E-state index in [1.807, 2.05) is 0 Å².